The van der Waals surface area contributed by atoms with Crippen molar-refractivity contribution < 1.29 is 5.11 Å². The predicted molar refractivity (Wildman–Crippen MR) is 60.4 cm³/mol. The Morgan fingerprint density at radius 3 is 2.80 bits per heavy atom. The van der Waals surface area contributed by atoms with Crippen molar-refractivity contribution in [3.63, 3.8) is 0 Å². The van der Waals surface area contributed by atoms with Gasteiger partial charge in [-0.05, 0) is 24.6 Å². The molecule has 3 nitrogen and oxygen atoms in total. The Morgan fingerprint density at radius 2 is 2.07 bits per heavy atom. The Morgan fingerprint density at radius 1 is 1.33 bits per heavy atom. The third-order valence-electron chi connectivity index (χ3n) is 2.52. The number of hydrogen-bond donors (Lipinski definition) is 2. The number of hydrogen-bond acceptors (Lipinski definition) is 3. The highest BCUT2D eigenvalue weighted by atomic mass is 16.3. The monoisotopic (exact) mass is 202 g/mol. The summed E-state index contributed by atoms with van der Waals surface area (Å²) in [5.74, 6) is 0. The van der Waals surface area contributed by atoms with Crippen LogP contribution in [-0.2, 0) is 0 Å². The largest absolute Gasteiger partial charge is 0.391 e. The lowest BCUT2D eigenvalue weighted by atomic mass is 10.0. The highest BCUT2D eigenvalue weighted by molar-refractivity contribution is 5.78. The van der Waals surface area contributed by atoms with Gasteiger partial charge in [-0.15, -0.1) is 0 Å². The molecule has 2 atom stereocenters. The van der Waals surface area contributed by atoms with Crippen molar-refractivity contribution in [2.24, 2.45) is 5.73 Å². The first-order valence-corrected chi connectivity index (χ1v) is 4.97. The standard InChI is InChI=1S/C12H14N2O/c1-8(15)12(13)10-6-9-4-2-3-5-11(9)14-7-10/h2-8,12,15H,13H2,1H3/t8-,12-/m1/s1. The van der Waals surface area contributed by atoms with Crippen LogP contribution in [0.4, 0.5) is 0 Å². The van der Waals surface area contributed by atoms with Crippen molar-refractivity contribution in [1.29, 1.82) is 0 Å². The van der Waals surface area contributed by atoms with Crippen LogP contribution in [0, 0.1) is 0 Å². The first-order chi connectivity index (χ1) is 7.18. The zero-order chi connectivity index (χ0) is 10.8. The summed E-state index contributed by atoms with van der Waals surface area (Å²) >= 11 is 0. The molecule has 78 valence electrons. The van der Waals surface area contributed by atoms with E-state index in [1.807, 2.05) is 30.3 Å². The number of para-hydroxylation sites is 1. The van der Waals surface area contributed by atoms with E-state index in [2.05, 4.69) is 4.98 Å². The van der Waals surface area contributed by atoms with Gasteiger partial charge in [0.1, 0.15) is 0 Å². The van der Waals surface area contributed by atoms with Gasteiger partial charge < -0.3 is 10.8 Å². The van der Waals surface area contributed by atoms with Gasteiger partial charge >= 0.3 is 0 Å². The molecule has 2 aromatic rings. The third kappa shape index (κ3) is 1.98. The Labute approximate surface area is 88.6 Å². The van der Waals surface area contributed by atoms with E-state index in [9.17, 15) is 5.11 Å². The van der Waals surface area contributed by atoms with Crippen LogP contribution in [0.2, 0.25) is 0 Å². The number of nitrogens with two attached hydrogens (primary N) is 1. The number of rotatable bonds is 2. The number of aliphatic hydroxyl groups excluding tert-OH is 1. The number of pyridine rings is 1. The molecular formula is C12H14N2O. The smallest absolute Gasteiger partial charge is 0.0705 e. The van der Waals surface area contributed by atoms with Crippen LogP contribution in [0.1, 0.15) is 18.5 Å². The molecule has 0 unspecified atom stereocenters. The molecule has 0 saturated heterocycles. The average molecular weight is 202 g/mol. The van der Waals surface area contributed by atoms with Gasteiger partial charge in [-0.25, -0.2) is 0 Å². The number of benzene rings is 1. The summed E-state index contributed by atoms with van der Waals surface area (Å²) in [6.07, 6.45) is 1.16. The van der Waals surface area contributed by atoms with Crippen molar-refractivity contribution in [1.82, 2.24) is 4.98 Å². The van der Waals surface area contributed by atoms with Crippen molar-refractivity contribution in [2.45, 2.75) is 19.1 Å². The minimum atomic E-state index is -0.562. The molecule has 0 bridgehead atoms. The second-order valence-corrected chi connectivity index (χ2v) is 3.73. The molecule has 0 aliphatic rings. The van der Waals surface area contributed by atoms with Gasteiger partial charge in [-0.2, -0.15) is 0 Å². The fraction of sp³-hybridized carbons (Fsp3) is 0.250. The SMILES string of the molecule is C[C@@H](O)[C@@H](N)c1cnc2ccccc2c1. The van der Waals surface area contributed by atoms with Gasteiger partial charge in [-0.3, -0.25) is 4.98 Å². The van der Waals surface area contributed by atoms with E-state index in [1.165, 1.54) is 0 Å². The lowest BCUT2D eigenvalue weighted by molar-refractivity contribution is 0.164. The normalized spacial score (nSPS) is 15.1. The van der Waals surface area contributed by atoms with Crippen LogP contribution in [0.15, 0.2) is 36.5 Å². The molecule has 3 N–H and O–H groups in total. The van der Waals surface area contributed by atoms with Crippen molar-refractivity contribution in [2.75, 3.05) is 0 Å². The summed E-state index contributed by atoms with van der Waals surface area (Å²) in [7, 11) is 0. The molecule has 3 heteroatoms. The van der Waals surface area contributed by atoms with Crippen molar-refractivity contribution in [3.8, 4) is 0 Å². The molecule has 0 amide bonds. The van der Waals surface area contributed by atoms with E-state index in [0.717, 1.165) is 16.5 Å². The van der Waals surface area contributed by atoms with Crippen molar-refractivity contribution in [3.05, 3.63) is 42.1 Å². The summed E-state index contributed by atoms with van der Waals surface area (Å²) in [6, 6.07) is 9.45. The minimum absolute atomic E-state index is 0.373. The number of aliphatic hydroxyl groups is 1. The van der Waals surface area contributed by atoms with Crippen LogP contribution in [0.3, 0.4) is 0 Å². The van der Waals surface area contributed by atoms with E-state index < -0.39 is 6.10 Å². The molecule has 0 radical (unpaired) electrons. The van der Waals surface area contributed by atoms with E-state index in [0.29, 0.717) is 0 Å². The molecule has 0 aliphatic carbocycles. The van der Waals surface area contributed by atoms with Gasteiger partial charge in [-0.1, -0.05) is 18.2 Å². The third-order valence-corrected chi connectivity index (χ3v) is 2.52. The Hall–Kier alpha value is -1.45. The predicted octanol–water partition coefficient (Wildman–Crippen LogP) is 1.62. The van der Waals surface area contributed by atoms with Gasteiger partial charge in [0.25, 0.3) is 0 Å². The fourth-order valence-corrected chi connectivity index (χ4v) is 1.55. The molecule has 0 aliphatic heterocycles. The first kappa shape index (κ1) is 10.1. The number of fused-ring (bicyclic) bond motifs is 1. The molecule has 0 saturated carbocycles. The average Bonchev–Trinajstić information content (AvgIpc) is 2.27. The molecule has 2 rings (SSSR count). The lowest BCUT2D eigenvalue weighted by Crippen LogP contribution is -2.23. The summed E-state index contributed by atoms with van der Waals surface area (Å²) in [4.78, 5) is 4.29. The zero-order valence-electron chi connectivity index (χ0n) is 8.59. The van der Waals surface area contributed by atoms with Crippen LogP contribution in [0.25, 0.3) is 10.9 Å². The topological polar surface area (TPSA) is 59.1 Å². The second-order valence-electron chi connectivity index (χ2n) is 3.73. The fourth-order valence-electron chi connectivity index (χ4n) is 1.55. The molecule has 15 heavy (non-hydrogen) atoms. The number of nitrogens with zero attached hydrogens (tertiary/aromatic N) is 1. The molecule has 0 fully saturated rings. The van der Waals surface area contributed by atoms with E-state index >= 15 is 0 Å². The zero-order valence-corrected chi connectivity index (χ0v) is 8.59. The maximum atomic E-state index is 9.39. The Kier molecular flexibility index (Phi) is 2.66. The first-order valence-electron chi connectivity index (χ1n) is 4.97. The van der Waals surface area contributed by atoms with Crippen LogP contribution < -0.4 is 5.73 Å². The molecule has 1 aromatic heterocycles. The molecule has 0 spiro atoms. The van der Waals surface area contributed by atoms with Gasteiger partial charge in [0, 0.05) is 11.6 Å². The van der Waals surface area contributed by atoms with Gasteiger partial charge in [0.2, 0.25) is 0 Å². The van der Waals surface area contributed by atoms with Gasteiger partial charge in [0.15, 0.2) is 0 Å². The quantitative estimate of drug-likeness (QED) is 0.778. The second kappa shape index (κ2) is 3.96. The Balaban J connectivity index is 2.47. The number of aromatic nitrogens is 1. The lowest BCUT2D eigenvalue weighted by Gasteiger charge is -2.14. The minimum Gasteiger partial charge on any atom is -0.391 e. The summed E-state index contributed by atoms with van der Waals surface area (Å²) in [5.41, 5.74) is 7.65. The summed E-state index contributed by atoms with van der Waals surface area (Å²) < 4.78 is 0. The van der Waals surface area contributed by atoms with E-state index in [-0.39, 0.29) is 6.04 Å². The highest BCUT2D eigenvalue weighted by Gasteiger charge is 2.12. The molecule has 1 aromatic carbocycles. The molecule has 1 heterocycles. The van der Waals surface area contributed by atoms with Crippen molar-refractivity contribution >= 4 is 10.9 Å². The highest BCUT2D eigenvalue weighted by Crippen LogP contribution is 2.18. The maximum absolute atomic E-state index is 9.39. The summed E-state index contributed by atoms with van der Waals surface area (Å²) in [6.45, 7) is 1.68. The maximum Gasteiger partial charge on any atom is 0.0705 e. The van der Waals surface area contributed by atoms with Crippen LogP contribution >= 0.6 is 0 Å². The van der Waals surface area contributed by atoms with Gasteiger partial charge in [0.05, 0.1) is 17.7 Å². The van der Waals surface area contributed by atoms with E-state index in [4.69, 9.17) is 5.73 Å². The molecular weight excluding hydrogens is 188 g/mol. The Bertz CT molecular complexity index is 468. The van der Waals surface area contributed by atoms with E-state index in [1.54, 1.807) is 13.1 Å². The van der Waals surface area contributed by atoms with Crippen LogP contribution in [-0.4, -0.2) is 16.2 Å². The summed E-state index contributed by atoms with van der Waals surface area (Å²) in [5, 5.41) is 10.4. The van der Waals surface area contributed by atoms with Crippen LogP contribution in [0.5, 0.6) is 0 Å².